The van der Waals surface area contributed by atoms with Crippen LogP contribution in [0.1, 0.15) is 12.8 Å². The monoisotopic (exact) mass is 80.1 g/mol. The summed E-state index contributed by atoms with van der Waals surface area (Å²) in [6.07, 6.45) is 7.72. The maximum atomic E-state index is 2.44. The van der Waals surface area contributed by atoms with E-state index in [1.54, 1.807) is 0 Å². The Bertz CT molecular complexity index is 46.9. The van der Waals surface area contributed by atoms with E-state index in [4.69, 9.17) is 0 Å². The fourth-order valence-electron chi connectivity index (χ4n) is 1.36. The van der Waals surface area contributed by atoms with Crippen molar-refractivity contribution in [1.82, 2.24) is 0 Å². The molecule has 0 N–H and O–H groups in total. The smallest absolute Gasteiger partial charge is 0.0321 e. The molecule has 0 saturated heterocycles. The van der Waals surface area contributed by atoms with Gasteiger partial charge >= 0.3 is 0 Å². The zero-order valence-corrected chi connectivity index (χ0v) is 3.72. The molecule has 3 saturated carbocycles. The van der Waals surface area contributed by atoms with Crippen molar-refractivity contribution in [1.29, 1.82) is 0 Å². The molecule has 3 aliphatic rings. The van der Waals surface area contributed by atoms with Crippen molar-refractivity contribution in [2.75, 3.05) is 0 Å². The van der Waals surface area contributed by atoms with Gasteiger partial charge in [0, 0.05) is 0 Å². The molecule has 6 heavy (non-hydrogen) atoms. The molecule has 3 rings (SSSR count). The molecule has 2 unspecified atom stereocenters. The molecule has 0 nitrogen and oxygen atoms in total. The van der Waals surface area contributed by atoms with Gasteiger partial charge in [-0.15, -0.1) is 0 Å². The molecular weight excluding hydrogens is 72.1 g/mol. The minimum atomic E-state index is 0.940. The molecule has 2 bridgehead atoms. The molecule has 32 valence electrons. The maximum Gasteiger partial charge on any atom is -0.0321 e. The van der Waals surface area contributed by atoms with Crippen LogP contribution in [0.3, 0.4) is 0 Å². The molecule has 0 aromatic carbocycles. The number of rotatable bonds is 0. The van der Waals surface area contributed by atoms with Gasteiger partial charge in [0.25, 0.3) is 0 Å². The zero-order valence-electron chi connectivity index (χ0n) is 3.72. The van der Waals surface area contributed by atoms with Gasteiger partial charge in [-0.1, -0.05) is 0 Å². The summed E-state index contributed by atoms with van der Waals surface area (Å²) in [5, 5.41) is 0. The number of hydrogen-bond acceptors (Lipinski definition) is 0. The van der Waals surface area contributed by atoms with Crippen LogP contribution in [0.5, 0.6) is 0 Å². The molecular formula is C6H8. The van der Waals surface area contributed by atoms with Crippen LogP contribution in [0.15, 0.2) is 0 Å². The van der Waals surface area contributed by atoms with Gasteiger partial charge in [-0.3, -0.25) is 0 Å². The van der Waals surface area contributed by atoms with E-state index in [2.05, 4.69) is 12.8 Å². The van der Waals surface area contributed by atoms with Gasteiger partial charge in [0.1, 0.15) is 0 Å². The molecule has 2 radical (unpaired) electrons. The van der Waals surface area contributed by atoms with E-state index in [-0.39, 0.29) is 0 Å². The van der Waals surface area contributed by atoms with Crippen LogP contribution in [-0.4, -0.2) is 0 Å². The van der Waals surface area contributed by atoms with Crippen LogP contribution >= 0.6 is 0 Å². The Morgan fingerprint density at radius 3 is 2.50 bits per heavy atom. The van der Waals surface area contributed by atoms with Gasteiger partial charge in [-0.25, -0.2) is 0 Å². The lowest BCUT2D eigenvalue weighted by Gasteiger charge is -2.20. The Kier molecular flexibility index (Phi) is 0.408. The van der Waals surface area contributed by atoms with Crippen molar-refractivity contribution in [3.05, 3.63) is 12.8 Å². The van der Waals surface area contributed by atoms with Gasteiger partial charge in [-0.05, 0) is 37.5 Å². The van der Waals surface area contributed by atoms with Gasteiger partial charge < -0.3 is 0 Å². The Labute approximate surface area is 38.6 Å². The van der Waals surface area contributed by atoms with Crippen LogP contribution in [-0.2, 0) is 0 Å². The predicted octanol–water partition coefficient (Wildman–Crippen LogP) is 1.43. The first kappa shape index (κ1) is 3.06. The molecule has 3 aliphatic carbocycles. The van der Waals surface area contributed by atoms with Crippen LogP contribution in [0.25, 0.3) is 0 Å². The minimum absolute atomic E-state index is 0.940. The highest BCUT2D eigenvalue weighted by molar-refractivity contribution is 5.11. The third-order valence-corrected chi connectivity index (χ3v) is 1.84. The van der Waals surface area contributed by atoms with E-state index in [1.807, 2.05) is 0 Å². The fourth-order valence-corrected chi connectivity index (χ4v) is 1.36. The number of fused-ring (bicyclic) bond motifs is 1. The summed E-state index contributed by atoms with van der Waals surface area (Å²) in [5.41, 5.74) is 0. The van der Waals surface area contributed by atoms with E-state index < -0.39 is 0 Å². The quantitative estimate of drug-likeness (QED) is 0.413. The summed E-state index contributed by atoms with van der Waals surface area (Å²) < 4.78 is 0. The van der Waals surface area contributed by atoms with Crippen LogP contribution in [0.4, 0.5) is 0 Å². The van der Waals surface area contributed by atoms with Crippen molar-refractivity contribution in [2.24, 2.45) is 11.8 Å². The average Bonchev–Trinajstić information content (AvgIpc) is 1.72. The second kappa shape index (κ2) is 0.800. The largest absolute Gasteiger partial charge is 0.0467 e. The van der Waals surface area contributed by atoms with Crippen molar-refractivity contribution in [2.45, 2.75) is 12.8 Å². The third kappa shape index (κ3) is 0.213. The number of hydrogen-bond donors (Lipinski definition) is 0. The minimum Gasteiger partial charge on any atom is -0.0467 e. The molecule has 2 atom stereocenters. The van der Waals surface area contributed by atoms with Gasteiger partial charge in [0.2, 0.25) is 0 Å². The van der Waals surface area contributed by atoms with E-state index in [9.17, 15) is 0 Å². The van der Waals surface area contributed by atoms with Crippen molar-refractivity contribution in [3.63, 3.8) is 0 Å². The summed E-state index contributed by atoms with van der Waals surface area (Å²) >= 11 is 0. The van der Waals surface area contributed by atoms with Crippen LogP contribution < -0.4 is 0 Å². The summed E-state index contributed by atoms with van der Waals surface area (Å²) in [7, 11) is 0. The van der Waals surface area contributed by atoms with Crippen LogP contribution in [0.2, 0.25) is 0 Å². The Balaban J connectivity index is 2.16. The van der Waals surface area contributed by atoms with E-state index >= 15 is 0 Å². The highest BCUT2D eigenvalue weighted by Gasteiger charge is 2.36. The Hall–Kier alpha value is 0. The lowest BCUT2D eigenvalue weighted by atomic mass is 9.85. The van der Waals surface area contributed by atoms with Gasteiger partial charge in [0.05, 0.1) is 0 Å². The van der Waals surface area contributed by atoms with E-state index in [0.717, 1.165) is 11.8 Å². The molecule has 0 heterocycles. The van der Waals surface area contributed by atoms with Crippen molar-refractivity contribution >= 4 is 0 Å². The third-order valence-electron chi connectivity index (χ3n) is 1.84. The Morgan fingerprint density at radius 1 is 1.50 bits per heavy atom. The summed E-state index contributed by atoms with van der Waals surface area (Å²) in [6.45, 7) is 0. The first-order valence-corrected chi connectivity index (χ1v) is 2.63. The molecule has 0 heteroatoms. The topological polar surface area (TPSA) is 0 Å². The van der Waals surface area contributed by atoms with E-state index in [0.29, 0.717) is 0 Å². The molecule has 0 aliphatic heterocycles. The fraction of sp³-hybridized carbons (Fsp3) is 0.667. The molecule has 0 spiro atoms. The van der Waals surface area contributed by atoms with Crippen LogP contribution in [0, 0.1) is 24.7 Å². The highest BCUT2D eigenvalue weighted by atomic mass is 14.4. The molecule has 0 amide bonds. The molecule has 3 fully saturated rings. The normalized spacial score (nSPS) is 52.0. The first-order valence-electron chi connectivity index (χ1n) is 2.63. The van der Waals surface area contributed by atoms with Crippen molar-refractivity contribution in [3.8, 4) is 0 Å². The lowest BCUT2D eigenvalue weighted by molar-refractivity contribution is 0.444. The first-order chi connectivity index (χ1) is 2.95. The molecule has 0 aromatic rings. The zero-order chi connectivity index (χ0) is 3.98. The molecule has 0 aromatic heterocycles. The highest BCUT2D eigenvalue weighted by Crippen LogP contribution is 2.46. The average molecular weight is 80.1 g/mol. The van der Waals surface area contributed by atoms with Crippen molar-refractivity contribution < 1.29 is 0 Å². The van der Waals surface area contributed by atoms with Gasteiger partial charge in [-0.2, -0.15) is 0 Å². The maximum absolute atomic E-state index is 2.44. The predicted molar refractivity (Wildman–Crippen MR) is 24.8 cm³/mol. The van der Waals surface area contributed by atoms with Gasteiger partial charge in [0.15, 0.2) is 0 Å². The standard InChI is InChI=1S/C6H8/c1-2-6-3-5(1)4-6/h1,3,5-6H,2,4H2. The lowest BCUT2D eigenvalue weighted by Crippen LogP contribution is -2.11. The summed E-state index contributed by atoms with van der Waals surface area (Å²) in [6, 6.07) is 0. The second-order valence-electron chi connectivity index (χ2n) is 2.32. The SMILES string of the molecule is [CH]1CC2[CH]C1C2. The Morgan fingerprint density at radius 2 is 2.33 bits per heavy atom. The summed E-state index contributed by atoms with van der Waals surface area (Å²) in [4.78, 5) is 0. The summed E-state index contributed by atoms with van der Waals surface area (Å²) in [5.74, 6) is 1.95. The second-order valence-corrected chi connectivity index (χ2v) is 2.32. The van der Waals surface area contributed by atoms with E-state index in [1.165, 1.54) is 12.8 Å².